The molecule has 6 aliphatic rings. The zero-order valence-electron chi connectivity index (χ0n) is 20.2. The summed E-state index contributed by atoms with van der Waals surface area (Å²) in [6, 6.07) is 0.475. The Bertz CT molecular complexity index is 682. The van der Waals surface area contributed by atoms with Gasteiger partial charge in [-0.15, -0.1) is 0 Å². The van der Waals surface area contributed by atoms with E-state index >= 15 is 0 Å². The first-order valence-electron chi connectivity index (χ1n) is 13.7. The average molecular weight is 414 g/mol. The van der Waals surface area contributed by atoms with Gasteiger partial charge >= 0.3 is 0 Å². The molecule has 5 aliphatic carbocycles. The first-order valence-corrected chi connectivity index (χ1v) is 13.7. The molecule has 0 radical (unpaired) electrons. The summed E-state index contributed by atoms with van der Waals surface area (Å²) >= 11 is 0. The smallest absolute Gasteiger partial charge is 0.0715 e. The molecule has 0 amide bonds. The molecule has 5 saturated carbocycles. The van der Waals surface area contributed by atoms with Crippen LogP contribution in [0.25, 0.3) is 0 Å². The average Bonchev–Trinajstić information content (AvgIpc) is 3.16. The zero-order valence-corrected chi connectivity index (χ0v) is 20.2. The van der Waals surface area contributed by atoms with E-state index in [2.05, 4.69) is 27.7 Å². The monoisotopic (exact) mass is 413 g/mol. The highest BCUT2D eigenvalue weighted by Crippen LogP contribution is 2.71. The summed E-state index contributed by atoms with van der Waals surface area (Å²) in [5.74, 6) is 6.23. The molecule has 2 nitrogen and oxygen atoms in total. The van der Waals surface area contributed by atoms with Gasteiger partial charge in [0, 0.05) is 6.04 Å². The highest BCUT2D eigenvalue weighted by atomic mass is 16.5. The molecule has 1 aliphatic heterocycles. The van der Waals surface area contributed by atoms with Gasteiger partial charge in [0.25, 0.3) is 0 Å². The van der Waals surface area contributed by atoms with E-state index in [-0.39, 0.29) is 5.60 Å². The number of fused-ring (bicyclic) bond motifs is 7. The maximum absolute atomic E-state index is 7.14. The lowest BCUT2D eigenvalue weighted by Gasteiger charge is -2.61. The molecule has 30 heavy (non-hydrogen) atoms. The Labute approximate surface area is 185 Å². The molecule has 1 unspecified atom stereocenters. The Balaban J connectivity index is 1.26. The van der Waals surface area contributed by atoms with Crippen molar-refractivity contribution in [1.82, 2.24) is 0 Å². The minimum Gasteiger partial charge on any atom is -0.371 e. The van der Waals surface area contributed by atoms with E-state index in [0.717, 1.165) is 41.4 Å². The van der Waals surface area contributed by atoms with Gasteiger partial charge in [0.2, 0.25) is 0 Å². The maximum atomic E-state index is 7.14. The number of nitrogens with two attached hydrogens (primary N) is 1. The number of ether oxygens (including phenoxy) is 1. The Kier molecular flexibility index (Phi) is 4.60. The molecule has 0 bridgehead atoms. The van der Waals surface area contributed by atoms with Crippen LogP contribution in [0.15, 0.2) is 0 Å². The van der Waals surface area contributed by atoms with E-state index in [9.17, 15) is 0 Å². The van der Waals surface area contributed by atoms with Crippen LogP contribution >= 0.6 is 0 Å². The van der Waals surface area contributed by atoms with Gasteiger partial charge in [-0.05, 0) is 129 Å². The fourth-order valence-corrected chi connectivity index (χ4v) is 10.9. The first-order chi connectivity index (χ1) is 14.3. The van der Waals surface area contributed by atoms with Crippen LogP contribution in [0, 0.1) is 52.3 Å². The van der Waals surface area contributed by atoms with Crippen molar-refractivity contribution < 1.29 is 4.74 Å². The van der Waals surface area contributed by atoms with Gasteiger partial charge in [-0.25, -0.2) is 0 Å². The van der Waals surface area contributed by atoms with Crippen molar-refractivity contribution in [2.75, 3.05) is 0 Å². The molecular formula is C28H47NO. The predicted molar refractivity (Wildman–Crippen MR) is 123 cm³/mol. The molecular weight excluding hydrogens is 366 g/mol. The van der Waals surface area contributed by atoms with Crippen LogP contribution in [0.3, 0.4) is 0 Å². The molecule has 6 fully saturated rings. The fourth-order valence-electron chi connectivity index (χ4n) is 10.9. The molecule has 0 aromatic heterocycles. The molecule has 1 saturated heterocycles. The largest absolute Gasteiger partial charge is 0.371 e. The van der Waals surface area contributed by atoms with Gasteiger partial charge in [0.05, 0.1) is 11.7 Å². The topological polar surface area (TPSA) is 35.2 Å². The van der Waals surface area contributed by atoms with Crippen molar-refractivity contribution in [2.45, 2.75) is 122 Å². The van der Waals surface area contributed by atoms with E-state index in [0.29, 0.717) is 23.0 Å². The molecule has 0 aromatic carbocycles. The third-order valence-electron chi connectivity index (χ3n) is 12.7. The summed E-state index contributed by atoms with van der Waals surface area (Å²) in [5, 5.41) is 0. The minimum absolute atomic E-state index is 0.232. The van der Waals surface area contributed by atoms with Crippen LogP contribution in [0.4, 0.5) is 0 Å². The summed E-state index contributed by atoms with van der Waals surface area (Å²) in [6.45, 7) is 10.4. The standard InChI is InChI=1S/C28H47NO/c1-17-7-13-28(14-8-17)18(2)25-24(30-28)16-23-21-6-5-19-15-20(29)9-11-26(19,3)22(21)10-12-27(23,25)4/h17-25H,5-16,29H2,1-4H3/t17-,18-,19+,20+,21+,22-,23-,24-,25?,26-,27-,28-/m0/s1. The van der Waals surface area contributed by atoms with Gasteiger partial charge in [-0.3, -0.25) is 0 Å². The lowest BCUT2D eigenvalue weighted by Crippen LogP contribution is -2.55. The van der Waals surface area contributed by atoms with Gasteiger partial charge in [-0.2, -0.15) is 0 Å². The number of hydrogen-bond donors (Lipinski definition) is 1. The Morgan fingerprint density at radius 2 is 1.50 bits per heavy atom. The number of rotatable bonds is 0. The third-order valence-corrected chi connectivity index (χ3v) is 12.7. The SMILES string of the molecule is C[C@H]1C2[C@H](C[C@H]3[C@@H]4CC[C@@H]5C[C@H](N)CC[C@]5(C)[C@H]4CC[C@]23C)O[C@]12CC[C@H](C)CC2. The van der Waals surface area contributed by atoms with Crippen LogP contribution in [-0.4, -0.2) is 17.7 Å². The van der Waals surface area contributed by atoms with Gasteiger partial charge in [0.1, 0.15) is 0 Å². The highest BCUT2D eigenvalue weighted by Gasteiger charge is 2.68. The summed E-state index contributed by atoms with van der Waals surface area (Å²) in [7, 11) is 0. The summed E-state index contributed by atoms with van der Waals surface area (Å²) in [4.78, 5) is 0. The van der Waals surface area contributed by atoms with Crippen molar-refractivity contribution in [2.24, 2.45) is 58.0 Å². The zero-order chi connectivity index (χ0) is 20.9. The first kappa shape index (κ1) is 20.5. The highest BCUT2D eigenvalue weighted by molar-refractivity contribution is 5.16. The molecule has 2 N–H and O–H groups in total. The lowest BCUT2D eigenvalue weighted by molar-refractivity contribution is -0.127. The second-order valence-electron chi connectivity index (χ2n) is 13.7. The molecule has 2 heteroatoms. The molecule has 170 valence electrons. The van der Waals surface area contributed by atoms with Crippen molar-refractivity contribution in [3.8, 4) is 0 Å². The van der Waals surface area contributed by atoms with E-state index in [1.165, 1.54) is 77.0 Å². The van der Waals surface area contributed by atoms with Gasteiger partial charge in [-0.1, -0.05) is 27.7 Å². The third kappa shape index (κ3) is 2.62. The van der Waals surface area contributed by atoms with Crippen molar-refractivity contribution in [3.05, 3.63) is 0 Å². The van der Waals surface area contributed by atoms with Crippen molar-refractivity contribution >= 4 is 0 Å². The van der Waals surface area contributed by atoms with Crippen molar-refractivity contribution in [1.29, 1.82) is 0 Å². The molecule has 6 rings (SSSR count). The van der Waals surface area contributed by atoms with E-state index < -0.39 is 0 Å². The quantitative estimate of drug-likeness (QED) is 0.487. The molecule has 1 spiro atoms. The van der Waals surface area contributed by atoms with Crippen LogP contribution in [-0.2, 0) is 4.74 Å². The second kappa shape index (κ2) is 6.72. The van der Waals surface area contributed by atoms with Crippen molar-refractivity contribution in [3.63, 3.8) is 0 Å². The molecule has 1 heterocycles. The normalized spacial score (nSPS) is 62.5. The maximum Gasteiger partial charge on any atom is 0.0715 e. The molecule has 10 atom stereocenters. The van der Waals surface area contributed by atoms with E-state index in [4.69, 9.17) is 10.5 Å². The summed E-state index contributed by atoms with van der Waals surface area (Å²) < 4.78 is 7.14. The minimum atomic E-state index is 0.232. The predicted octanol–water partition coefficient (Wildman–Crippen LogP) is 6.57. The lowest BCUT2D eigenvalue weighted by atomic mass is 9.44. The Morgan fingerprint density at radius 1 is 0.767 bits per heavy atom. The van der Waals surface area contributed by atoms with Crippen LogP contribution in [0.2, 0.25) is 0 Å². The Morgan fingerprint density at radius 3 is 2.27 bits per heavy atom. The van der Waals surface area contributed by atoms with Crippen LogP contribution in [0.1, 0.15) is 105 Å². The van der Waals surface area contributed by atoms with Gasteiger partial charge in [0.15, 0.2) is 0 Å². The molecule has 0 aromatic rings. The fraction of sp³-hybridized carbons (Fsp3) is 1.00. The van der Waals surface area contributed by atoms with E-state index in [1.54, 1.807) is 0 Å². The van der Waals surface area contributed by atoms with Crippen LogP contribution < -0.4 is 5.73 Å². The second-order valence-corrected chi connectivity index (χ2v) is 13.7. The Hall–Kier alpha value is -0.0800. The summed E-state index contributed by atoms with van der Waals surface area (Å²) in [5.41, 5.74) is 7.75. The number of hydrogen-bond acceptors (Lipinski definition) is 2. The van der Waals surface area contributed by atoms with Crippen LogP contribution in [0.5, 0.6) is 0 Å². The summed E-state index contributed by atoms with van der Waals surface area (Å²) in [6.07, 6.45) is 17.2. The van der Waals surface area contributed by atoms with Gasteiger partial charge < -0.3 is 10.5 Å². The van der Waals surface area contributed by atoms with E-state index in [1.807, 2.05) is 0 Å².